The fourth-order valence-corrected chi connectivity index (χ4v) is 2.78. The van der Waals surface area contributed by atoms with Gasteiger partial charge < -0.3 is 15.1 Å². The van der Waals surface area contributed by atoms with E-state index < -0.39 is 17.9 Å². The number of anilines is 2. The van der Waals surface area contributed by atoms with Gasteiger partial charge in [0.2, 0.25) is 11.8 Å². The standard InChI is InChI=1S/C21H22FN5O3/c1-3-14-4-6-15(7-5-14)12-18(19-26-27-21(30-19)23-13(2)28)25-20(29)24-17-10-8-16(22)9-11-17/h4-11,18H,3,12H2,1-2H3,(H,23,27,28)(H2,24,25,29). The van der Waals surface area contributed by atoms with Crippen molar-refractivity contribution < 1.29 is 18.4 Å². The van der Waals surface area contributed by atoms with Crippen molar-refractivity contribution in [2.24, 2.45) is 0 Å². The number of benzene rings is 2. The third kappa shape index (κ3) is 5.87. The van der Waals surface area contributed by atoms with Crippen molar-refractivity contribution in [1.29, 1.82) is 0 Å². The van der Waals surface area contributed by atoms with E-state index in [1.54, 1.807) is 0 Å². The first-order valence-electron chi connectivity index (χ1n) is 9.45. The molecule has 0 saturated carbocycles. The number of nitrogens with zero attached hydrogens (tertiary/aromatic N) is 2. The molecular formula is C21H22FN5O3. The predicted octanol–water partition coefficient (Wildman–Crippen LogP) is 3.84. The molecule has 1 heterocycles. The SMILES string of the molecule is CCc1ccc(CC(NC(=O)Nc2ccc(F)cc2)c2nnc(NC(C)=O)o2)cc1. The van der Waals surface area contributed by atoms with Gasteiger partial charge in [0.1, 0.15) is 11.9 Å². The molecule has 0 saturated heterocycles. The van der Waals surface area contributed by atoms with Crippen LogP contribution in [0.3, 0.4) is 0 Å². The second kappa shape index (κ2) is 9.64. The number of amides is 3. The van der Waals surface area contributed by atoms with Gasteiger partial charge in [0.05, 0.1) is 0 Å². The zero-order valence-electron chi connectivity index (χ0n) is 16.6. The van der Waals surface area contributed by atoms with Crippen LogP contribution in [0.5, 0.6) is 0 Å². The Bertz CT molecular complexity index is 1000. The molecule has 8 nitrogen and oxygen atoms in total. The third-order valence-corrected chi connectivity index (χ3v) is 4.30. The van der Waals surface area contributed by atoms with Gasteiger partial charge in [0, 0.05) is 19.0 Å². The number of nitrogens with one attached hydrogen (secondary N) is 3. The van der Waals surface area contributed by atoms with Crippen molar-refractivity contribution in [3.63, 3.8) is 0 Å². The Kier molecular flexibility index (Phi) is 6.74. The number of carbonyl (C=O) groups excluding carboxylic acids is 2. The molecule has 0 bridgehead atoms. The molecule has 0 spiro atoms. The molecule has 0 fully saturated rings. The Morgan fingerprint density at radius 3 is 2.30 bits per heavy atom. The van der Waals surface area contributed by atoms with Gasteiger partial charge in [-0.25, -0.2) is 9.18 Å². The molecule has 3 aromatic rings. The van der Waals surface area contributed by atoms with Gasteiger partial charge >= 0.3 is 12.0 Å². The lowest BCUT2D eigenvalue weighted by Gasteiger charge is -2.16. The average Bonchev–Trinajstić information content (AvgIpc) is 3.17. The van der Waals surface area contributed by atoms with Gasteiger partial charge in [-0.3, -0.25) is 10.1 Å². The first kappa shape index (κ1) is 21.0. The van der Waals surface area contributed by atoms with Crippen LogP contribution in [0.1, 0.15) is 36.9 Å². The summed E-state index contributed by atoms with van der Waals surface area (Å²) in [6.07, 6.45) is 1.31. The number of urea groups is 1. The van der Waals surface area contributed by atoms with Crippen LogP contribution in [0, 0.1) is 5.82 Å². The Labute approximate surface area is 172 Å². The minimum Gasteiger partial charge on any atom is -0.406 e. The molecule has 1 unspecified atom stereocenters. The van der Waals surface area contributed by atoms with Gasteiger partial charge in [-0.1, -0.05) is 36.3 Å². The molecule has 30 heavy (non-hydrogen) atoms. The van der Waals surface area contributed by atoms with Gasteiger partial charge in [0.15, 0.2) is 0 Å². The van der Waals surface area contributed by atoms with E-state index in [1.165, 1.54) is 36.8 Å². The smallest absolute Gasteiger partial charge is 0.322 e. The summed E-state index contributed by atoms with van der Waals surface area (Å²) in [5.41, 5.74) is 2.59. The number of hydrogen-bond acceptors (Lipinski definition) is 5. The molecular weight excluding hydrogens is 389 g/mol. The van der Waals surface area contributed by atoms with Crippen LogP contribution in [0.25, 0.3) is 0 Å². The van der Waals surface area contributed by atoms with E-state index in [0.29, 0.717) is 12.1 Å². The van der Waals surface area contributed by atoms with E-state index in [2.05, 4.69) is 33.1 Å². The second-order valence-electron chi connectivity index (χ2n) is 6.66. The highest BCUT2D eigenvalue weighted by atomic mass is 19.1. The summed E-state index contributed by atoms with van der Waals surface area (Å²) < 4.78 is 18.6. The summed E-state index contributed by atoms with van der Waals surface area (Å²) in [7, 11) is 0. The molecule has 1 atom stereocenters. The van der Waals surface area contributed by atoms with Crippen molar-refractivity contribution in [1.82, 2.24) is 15.5 Å². The Hall–Kier alpha value is -3.75. The molecule has 9 heteroatoms. The molecule has 0 radical (unpaired) electrons. The molecule has 0 aliphatic rings. The lowest BCUT2D eigenvalue weighted by Crippen LogP contribution is -2.34. The second-order valence-corrected chi connectivity index (χ2v) is 6.66. The van der Waals surface area contributed by atoms with Crippen LogP contribution in [0.15, 0.2) is 52.9 Å². The average molecular weight is 411 g/mol. The van der Waals surface area contributed by atoms with E-state index in [1.807, 2.05) is 24.3 Å². The van der Waals surface area contributed by atoms with Gasteiger partial charge in [-0.05, 0) is 41.8 Å². The highest BCUT2D eigenvalue weighted by molar-refractivity contribution is 5.89. The summed E-state index contributed by atoms with van der Waals surface area (Å²) in [4.78, 5) is 23.7. The molecule has 156 valence electrons. The van der Waals surface area contributed by atoms with Gasteiger partial charge in [-0.2, -0.15) is 0 Å². The van der Waals surface area contributed by atoms with E-state index in [-0.39, 0.29) is 17.8 Å². The summed E-state index contributed by atoms with van der Waals surface area (Å²) in [5.74, 6) is -0.600. The fourth-order valence-electron chi connectivity index (χ4n) is 2.78. The predicted molar refractivity (Wildman–Crippen MR) is 109 cm³/mol. The van der Waals surface area contributed by atoms with Gasteiger partial charge in [0.25, 0.3) is 0 Å². The van der Waals surface area contributed by atoms with Gasteiger partial charge in [-0.15, -0.1) is 5.10 Å². The van der Waals surface area contributed by atoms with Crippen LogP contribution in [0.2, 0.25) is 0 Å². The molecule has 2 aromatic carbocycles. The monoisotopic (exact) mass is 411 g/mol. The van der Waals surface area contributed by atoms with Crippen LogP contribution < -0.4 is 16.0 Å². The summed E-state index contributed by atoms with van der Waals surface area (Å²) in [6.45, 7) is 3.40. The normalized spacial score (nSPS) is 11.6. The summed E-state index contributed by atoms with van der Waals surface area (Å²) >= 11 is 0. The van der Waals surface area contributed by atoms with Crippen molar-refractivity contribution in [3.8, 4) is 0 Å². The maximum atomic E-state index is 13.1. The first-order valence-corrected chi connectivity index (χ1v) is 9.45. The van der Waals surface area contributed by atoms with E-state index >= 15 is 0 Å². The van der Waals surface area contributed by atoms with E-state index in [0.717, 1.165) is 12.0 Å². The largest absolute Gasteiger partial charge is 0.406 e. The first-order chi connectivity index (χ1) is 14.4. The zero-order valence-corrected chi connectivity index (χ0v) is 16.6. The van der Waals surface area contributed by atoms with E-state index in [4.69, 9.17) is 4.42 Å². The number of hydrogen-bond donors (Lipinski definition) is 3. The van der Waals surface area contributed by atoms with Crippen molar-refractivity contribution in [2.45, 2.75) is 32.7 Å². The maximum absolute atomic E-state index is 13.1. The molecule has 3 amide bonds. The van der Waals surface area contributed by atoms with E-state index in [9.17, 15) is 14.0 Å². The molecule has 0 aliphatic carbocycles. The summed E-state index contributed by atoms with van der Waals surface area (Å²) in [5, 5.41) is 15.6. The minimum absolute atomic E-state index is 0.0513. The molecule has 3 N–H and O–H groups in total. The number of halogens is 1. The zero-order chi connectivity index (χ0) is 21.5. The minimum atomic E-state index is -0.645. The quantitative estimate of drug-likeness (QED) is 0.547. The molecule has 0 aliphatic heterocycles. The Morgan fingerprint density at radius 1 is 1.00 bits per heavy atom. The lowest BCUT2D eigenvalue weighted by atomic mass is 10.0. The highest BCUT2D eigenvalue weighted by Gasteiger charge is 2.22. The topological polar surface area (TPSA) is 109 Å². The number of aromatic nitrogens is 2. The van der Waals surface area contributed by atoms with Crippen molar-refractivity contribution in [2.75, 3.05) is 10.6 Å². The van der Waals surface area contributed by atoms with Crippen molar-refractivity contribution in [3.05, 3.63) is 71.4 Å². The number of rotatable bonds is 7. The van der Waals surface area contributed by atoms with Crippen LogP contribution in [-0.4, -0.2) is 22.1 Å². The Balaban J connectivity index is 1.76. The summed E-state index contributed by atoms with van der Waals surface area (Å²) in [6, 6.07) is 12.2. The number of aryl methyl sites for hydroxylation is 1. The van der Waals surface area contributed by atoms with Crippen LogP contribution in [-0.2, 0) is 17.6 Å². The maximum Gasteiger partial charge on any atom is 0.322 e. The highest BCUT2D eigenvalue weighted by Crippen LogP contribution is 2.20. The van der Waals surface area contributed by atoms with Crippen molar-refractivity contribution >= 4 is 23.6 Å². The number of carbonyl (C=O) groups is 2. The lowest BCUT2D eigenvalue weighted by molar-refractivity contribution is -0.114. The van der Waals surface area contributed by atoms with Crippen LogP contribution >= 0.6 is 0 Å². The molecule has 1 aromatic heterocycles. The Morgan fingerprint density at radius 2 is 1.67 bits per heavy atom. The fraction of sp³-hybridized carbons (Fsp3) is 0.238. The molecule has 3 rings (SSSR count). The van der Waals surface area contributed by atoms with Crippen LogP contribution in [0.4, 0.5) is 20.9 Å². The third-order valence-electron chi connectivity index (χ3n) is 4.30.